The predicted octanol–water partition coefficient (Wildman–Crippen LogP) is 2.53. The van der Waals surface area contributed by atoms with Crippen LogP contribution in [0.1, 0.15) is 22.7 Å². The van der Waals surface area contributed by atoms with Gasteiger partial charge in [-0.3, -0.25) is 10.7 Å². The minimum absolute atomic E-state index is 0.230. The van der Waals surface area contributed by atoms with Gasteiger partial charge in [-0.1, -0.05) is 29.8 Å². The fraction of sp³-hybridized carbons (Fsp3) is 0.286. The van der Waals surface area contributed by atoms with E-state index >= 15 is 0 Å². The molecule has 0 aliphatic carbocycles. The first-order valence-electron chi connectivity index (χ1n) is 5.88. The largest absolute Gasteiger partial charge is 0.323 e. The van der Waals surface area contributed by atoms with Gasteiger partial charge in [0.2, 0.25) is 0 Å². The fourth-order valence-electron chi connectivity index (χ4n) is 2.31. The molecule has 94 valence electrons. The highest BCUT2D eigenvalue weighted by atomic mass is 16.2. The van der Waals surface area contributed by atoms with Gasteiger partial charge in [0.15, 0.2) is 0 Å². The van der Waals surface area contributed by atoms with Crippen LogP contribution in [-0.4, -0.2) is 23.3 Å². The van der Waals surface area contributed by atoms with E-state index in [1.54, 1.807) is 11.0 Å². The van der Waals surface area contributed by atoms with Crippen molar-refractivity contribution < 1.29 is 4.79 Å². The summed E-state index contributed by atoms with van der Waals surface area (Å²) in [7, 11) is 0. The third-order valence-corrected chi connectivity index (χ3v) is 3.13. The molecule has 1 aliphatic rings. The SMILES string of the molecule is C=CCN1C(=O)NC(=N)C1c1ccc(C)cc1C. The molecule has 2 amide bonds. The number of nitrogens with zero attached hydrogens (tertiary/aromatic N) is 1. The van der Waals surface area contributed by atoms with Crippen molar-refractivity contribution in [3.05, 3.63) is 47.5 Å². The molecule has 0 bridgehead atoms. The summed E-state index contributed by atoms with van der Waals surface area (Å²) in [5.41, 5.74) is 3.26. The number of carbonyl (C=O) groups excluding carboxylic acids is 1. The Bertz CT molecular complexity index is 522. The summed E-state index contributed by atoms with van der Waals surface area (Å²) in [6, 6.07) is 5.50. The molecule has 1 unspecified atom stereocenters. The number of hydrogen-bond acceptors (Lipinski definition) is 2. The summed E-state index contributed by atoms with van der Waals surface area (Å²) in [6.07, 6.45) is 1.68. The van der Waals surface area contributed by atoms with Crippen molar-refractivity contribution in [2.45, 2.75) is 19.9 Å². The first-order valence-corrected chi connectivity index (χ1v) is 5.88. The molecule has 1 aromatic rings. The molecule has 0 aromatic heterocycles. The summed E-state index contributed by atoms with van der Waals surface area (Å²) in [4.78, 5) is 13.4. The van der Waals surface area contributed by atoms with Crippen LogP contribution in [0.25, 0.3) is 0 Å². The van der Waals surface area contributed by atoms with Crippen LogP contribution >= 0.6 is 0 Å². The van der Waals surface area contributed by atoms with E-state index in [1.807, 2.05) is 26.0 Å². The van der Waals surface area contributed by atoms with Crippen LogP contribution in [0.2, 0.25) is 0 Å². The van der Waals surface area contributed by atoms with Crippen molar-refractivity contribution in [1.82, 2.24) is 10.2 Å². The minimum Gasteiger partial charge on any atom is -0.306 e. The Morgan fingerprint density at radius 1 is 1.50 bits per heavy atom. The highest BCUT2D eigenvalue weighted by Gasteiger charge is 2.36. The lowest BCUT2D eigenvalue weighted by Gasteiger charge is -2.23. The van der Waals surface area contributed by atoms with Gasteiger partial charge in [-0.2, -0.15) is 0 Å². The number of hydrogen-bond donors (Lipinski definition) is 2. The van der Waals surface area contributed by atoms with Crippen LogP contribution in [0.5, 0.6) is 0 Å². The maximum atomic E-state index is 11.8. The lowest BCUT2D eigenvalue weighted by atomic mass is 9.98. The minimum atomic E-state index is -0.323. The number of rotatable bonds is 3. The summed E-state index contributed by atoms with van der Waals surface area (Å²) in [6.45, 7) is 8.13. The van der Waals surface area contributed by atoms with Gasteiger partial charge in [-0.05, 0) is 25.0 Å². The number of amidine groups is 1. The van der Waals surface area contributed by atoms with Crippen molar-refractivity contribution in [2.24, 2.45) is 0 Å². The van der Waals surface area contributed by atoms with Crippen molar-refractivity contribution in [1.29, 1.82) is 5.41 Å². The average Bonchev–Trinajstić information content (AvgIpc) is 2.56. The molecule has 1 saturated heterocycles. The number of carbonyl (C=O) groups is 1. The highest BCUT2D eigenvalue weighted by molar-refractivity contribution is 6.06. The second kappa shape index (κ2) is 4.64. The van der Waals surface area contributed by atoms with Gasteiger partial charge in [0, 0.05) is 6.54 Å². The lowest BCUT2D eigenvalue weighted by Crippen LogP contribution is -2.30. The molecule has 18 heavy (non-hydrogen) atoms. The standard InChI is InChI=1S/C14H17N3O/c1-4-7-17-12(13(15)16-14(17)18)11-6-5-9(2)8-10(11)3/h4-6,8,12H,1,7H2,2-3H3,(H2,15,16,18). The topological polar surface area (TPSA) is 56.2 Å². The van der Waals surface area contributed by atoms with Gasteiger partial charge in [0.25, 0.3) is 0 Å². The Morgan fingerprint density at radius 2 is 2.22 bits per heavy atom. The van der Waals surface area contributed by atoms with Crippen LogP contribution in [0.4, 0.5) is 4.79 Å². The zero-order chi connectivity index (χ0) is 13.3. The monoisotopic (exact) mass is 243 g/mol. The van der Waals surface area contributed by atoms with E-state index in [0.29, 0.717) is 6.54 Å². The molecule has 4 nitrogen and oxygen atoms in total. The number of urea groups is 1. The third kappa shape index (κ3) is 2.01. The predicted molar refractivity (Wildman–Crippen MR) is 71.8 cm³/mol. The van der Waals surface area contributed by atoms with E-state index in [-0.39, 0.29) is 17.9 Å². The normalized spacial score (nSPS) is 19.0. The zero-order valence-corrected chi connectivity index (χ0v) is 10.7. The third-order valence-electron chi connectivity index (χ3n) is 3.13. The van der Waals surface area contributed by atoms with E-state index < -0.39 is 0 Å². The molecular weight excluding hydrogens is 226 g/mol. The first kappa shape index (κ1) is 12.4. The summed E-state index contributed by atoms with van der Waals surface area (Å²) in [5, 5.41) is 10.5. The number of aryl methyl sites for hydroxylation is 2. The Morgan fingerprint density at radius 3 is 2.83 bits per heavy atom. The van der Waals surface area contributed by atoms with E-state index in [1.165, 1.54) is 5.56 Å². The van der Waals surface area contributed by atoms with Gasteiger partial charge in [-0.25, -0.2) is 4.79 Å². The number of nitrogens with one attached hydrogen (secondary N) is 2. The number of benzene rings is 1. The van der Waals surface area contributed by atoms with Crippen LogP contribution in [0, 0.1) is 19.3 Å². The molecule has 4 heteroatoms. The Kier molecular flexibility index (Phi) is 3.19. The molecule has 0 saturated carbocycles. The Labute approximate surface area is 107 Å². The molecular formula is C14H17N3O. The van der Waals surface area contributed by atoms with Crippen molar-refractivity contribution in [2.75, 3.05) is 6.54 Å². The van der Waals surface area contributed by atoms with Gasteiger partial charge in [-0.15, -0.1) is 6.58 Å². The zero-order valence-electron chi connectivity index (χ0n) is 10.7. The maximum absolute atomic E-state index is 11.8. The fourth-order valence-corrected chi connectivity index (χ4v) is 2.31. The van der Waals surface area contributed by atoms with E-state index in [4.69, 9.17) is 5.41 Å². The second-order valence-electron chi connectivity index (χ2n) is 4.55. The first-order chi connectivity index (χ1) is 8.54. The molecule has 1 aliphatic heterocycles. The Balaban J connectivity index is 2.43. The molecule has 2 rings (SSSR count). The summed E-state index contributed by atoms with van der Waals surface area (Å²) < 4.78 is 0. The smallest absolute Gasteiger partial charge is 0.306 e. The molecule has 1 atom stereocenters. The van der Waals surface area contributed by atoms with Gasteiger partial charge < -0.3 is 4.90 Å². The summed E-state index contributed by atoms with van der Waals surface area (Å²) in [5.74, 6) is 0.230. The van der Waals surface area contributed by atoms with Crippen LogP contribution in [-0.2, 0) is 0 Å². The molecule has 2 N–H and O–H groups in total. The van der Waals surface area contributed by atoms with Gasteiger partial charge >= 0.3 is 6.03 Å². The summed E-state index contributed by atoms with van der Waals surface area (Å²) >= 11 is 0. The van der Waals surface area contributed by atoms with E-state index in [9.17, 15) is 4.79 Å². The van der Waals surface area contributed by atoms with Crippen molar-refractivity contribution in [3.8, 4) is 0 Å². The van der Waals surface area contributed by atoms with E-state index in [2.05, 4.69) is 18.0 Å². The maximum Gasteiger partial charge on any atom is 0.323 e. The van der Waals surface area contributed by atoms with Crippen molar-refractivity contribution in [3.63, 3.8) is 0 Å². The number of amides is 2. The van der Waals surface area contributed by atoms with Crippen LogP contribution < -0.4 is 5.32 Å². The van der Waals surface area contributed by atoms with E-state index in [0.717, 1.165) is 11.1 Å². The van der Waals surface area contributed by atoms with Crippen LogP contribution in [0.15, 0.2) is 30.9 Å². The average molecular weight is 243 g/mol. The second-order valence-corrected chi connectivity index (χ2v) is 4.55. The highest BCUT2D eigenvalue weighted by Crippen LogP contribution is 2.28. The molecule has 1 aromatic carbocycles. The van der Waals surface area contributed by atoms with Crippen molar-refractivity contribution >= 4 is 11.9 Å². The molecule has 1 heterocycles. The Hall–Kier alpha value is -2.10. The van der Waals surface area contributed by atoms with Gasteiger partial charge in [0.1, 0.15) is 11.9 Å². The molecule has 0 spiro atoms. The van der Waals surface area contributed by atoms with Crippen LogP contribution in [0.3, 0.4) is 0 Å². The lowest BCUT2D eigenvalue weighted by molar-refractivity contribution is 0.211. The van der Waals surface area contributed by atoms with Gasteiger partial charge in [0.05, 0.1) is 0 Å². The molecule has 1 fully saturated rings. The molecule has 0 radical (unpaired) electrons. The quantitative estimate of drug-likeness (QED) is 0.787.